The predicted octanol–water partition coefficient (Wildman–Crippen LogP) is 6.73. The predicted molar refractivity (Wildman–Crippen MR) is 152 cm³/mol. The van der Waals surface area contributed by atoms with E-state index in [0.717, 1.165) is 44.9 Å². The molecule has 0 fully saturated rings. The second-order valence-electron chi connectivity index (χ2n) is 9.99. The minimum Gasteiger partial charge on any atom is -0.356 e. The van der Waals surface area contributed by atoms with Gasteiger partial charge in [-0.3, -0.25) is 14.4 Å². The molecule has 6 heteroatoms. The SMILES string of the molecule is CCC/C=C/CCCCCCCCCCCC(=O)N[C@@H](CCC(=O)NCCCC)C(=O)NCCCC. The van der Waals surface area contributed by atoms with Gasteiger partial charge in [0.25, 0.3) is 0 Å². The van der Waals surface area contributed by atoms with Crippen molar-refractivity contribution in [3.05, 3.63) is 12.2 Å². The fraction of sp³-hybridized carbons (Fsp3) is 0.833. The highest BCUT2D eigenvalue weighted by Gasteiger charge is 2.21. The topological polar surface area (TPSA) is 87.3 Å². The maximum Gasteiger partial charge on any atom is 0.242 e. The van der Waals surface area contributed by atoms with Crippen molar-refractivity contribution in [1.82, 2.24) is 16.0 Å². The van der Waals surface area contributed by atoms with Gasteiger partial charge in [0, 0.05) is 25.9 Å². The number of rotatable bonds is 25. The number of allylic oxidation sites excluding steroid dienone is 2. The first-order valence-electron chi connectivity index (χ1n) is 15.0. The number of hydrogen-bond acceptors (Lipinski definition) is 3. The number of carbonyl (C=O) groups is 3. The zero-order valence-corrected chi connectivity index (χ0v) is 23.8. The van der Waals surface area contributed by atoms with E-state index in [9.17, 15) is 14.4 Å². The third kappa shape index (κ3) is 22.6. The first kappa shape index (κ1) is 34.1. The Kier molecular flexibility index (Phi) is 24.9. The average Bonchev–Trinajstić information content (AvgIpc) is 2.87. The highest BCUT2D eigenvalue weighted by atomic mass is 16.2. The number of carbonyl (C=O) groups excluding carboxylic acids is 3. The molecule has 0 saturated carbocycles. The van der Waals surface area contributed by atoms with E-state index in [1.807, 2.05) is 0 Å². The van der Waals surface area contributed by atoms with Gasteiger partial charge >= 0.3 is 0 Å². The summed E-state index contributed by atoms with van der Waals surface area (Å²) in [5, 5.41) is 8.65. The quantitative estimate of drug-likeness (QED) is 0.0945. The van der Waals surface area contributed by atoms with E-state index < -0.39 is 6.04 Å². The molecule has 0 rings (SSSR count). The van der Waals surface area contributed by atoms with Gasteiger partial charge in [-0.1, -0.05) is 97.1 Å². The third-order valence-corrected chi connectivity index (χ3v) is 6.39. The fourth-order valence-electron chi connectivity index (χ4n) is 4.00. The lowest BCUT2D eigenvalue weighted by atomic mass is 10.0. The maximum atomic E-state index is 12.6. The number of amides is 3. The second-order valence-corrected chi connectivity index (χ2v) is 9.99. The molecule has 0 heterocycles. The van der Waals surface area contributed by atoms with Gasteiger partial charge < -0.3 is 16.0 Å². The van der Waals surface area contributed by atoms with E-state index >= 15 is 0 Å². The van der Waals surface area contributed by atoms with Crippen molar-refractivity contribution in [3.63, 3.8) is 0 Å². The molecule has 0 radical (unpaired) electrons. The molecule has 0 aromatic carbocycles. The summed E-state index contributed by atoms with van der Waals surface area (Å²) in [7, 11) is 0. The van der Waals surface area contributed by atoms with Gasteiger partial charge in [-0.25, -0.2) is 0 Å². The lowest BCUT2D eigenvalue weighted by Crippen LogP contribution is -2.47. The minimum atomic E-state index is -0.645. The van der Waals surface area contributed by atoms with Crippen molar-refractivity contribution in [1.29, 1.82) is 0 Å². The summed E-state index contributed by atoms with van der Waals surface area (Å²) in [6.45, 7) is 7.62. The van der Waals surface area contributed by atoms with Gasteiger partial charge in [0.1, 0.15) is 6.04 Å². The van der Waals surface area contributed by atoms with Crippen LogP contribution in [-0.4, -0.2) is 36.9 Å². The Labute approximate surface area is 222 Å². The van der Waals surface area contributed by atoms with E-state index in [-0.39, 0.29) is 24.1 Å². The van der Waals surface area contributed by atoms with Crippen LogP contribution in [0.1, 0.15) is 143 Å². The normalized spacial score (nSPS) is 12.0. The fourth-order valence-corrected chi connectivity index (χ4v) is 4.00. The van der Waals surface area contributed by atoms with Gasteiger partial charge in [0.05, 0.1) is 0 Å². The Balaban J connectivity index is 4.04. The highest BCUT2D eigenvalue weighted by molar-refractivity contribution is 5.88. The zero-order chi connectivity index (χ0) is 26.7. The Morgan fingerprint density at radius 3 is 1.75 bits per heavy atom. The molecule has 0 aliphatic carbocycles. The van der Waals surface area contributed by atoms with E-state index in [2.05, 4.69) is 48.9 Å². The third-order valence-electron chi connectivity index (χ3n) is 6.39. The van der Waals surface area contributed by atoms with E-state index in [4.69, 9.17) is 0 Å². The van der Waals surface area contributed by atoms with Gasteiger partial charge in [-0.05, 0) is 44.9 Å². The van der Waals surface area contributed by atoms with Crippen molar-refractivity contribution in [2.75, 3.05) is 13.1 Å². The molecule has 3 N–H and O–H groups in total. The lowest BCUT2D eigenvalue weighted by Gasteiger charge is -2.18. The zero-order valence-electron chi connectivity index (χ0n) is 23.8. The summed E-state index contributed by atoms with van der Waals surface area (Å²) in [5.41, 5.74) is 0. The summed E-state index contributed by atoms with van der Waals surface area (Å²) >= 11 is 0. The van der Waals surface area contributed by atoms with Crippen molar-refractivity contribution in [2.24, 2.45) is 0 Å². The Morgan fingerprint density at radius 2 is 1.14 bits per heavy atom. The molecule has 0 saturated heterocycles. The maximum absolute atomic E-state index is 12.6. The molecule has 0 aliphatic rings. The summed E-state index contributed by atoms with van der Waals surface area (Å²) in [6, 6.07) is -0.645. The minimum absolute atomic E-state index is 0.0622. The first-order chi connectivity index (χ1) is 17.5. The number of nitrogens with one attached hydrogen (secondary N) is 3. The monoisotopic (exact) mass is 507 g/mol. The molecule has 0 aromatic rings. The number of hydrogen-bond donors (Lipinski definition) is 3. The van der Waals surface area contributed by atoms with Crippen LogP contribution in [0.4, 0.5) is 0 Å². The Bertz CT molecular complexity index is 578. The molecule has 3 amide bonds. The van der Waals surface area contributed by atoms with Crippen LogP contribution in [0.2, 0.25) is 0 Å². The van der Waals surface area contributed by atoms with Gasteiger partial charge in [-0.15, -0.1) is 0 Å². The highest BCUT2D eigenvalue weighted by Crippen LogP contribution is 2.12. The first-order valence-corrected chi connectivity index (χ1v) is 15.0. The van der Waals surface area contributed by atoms with Crippen LogP contribution in [0, 0.1) is 0 Å². The van der Waals surface area contributed by atoms with Crippen molar-refractivity contribution in [2.45, 2.75) is 149 Å². The van der Waals surface area contributed by atoms with Crippen LogP contribution in [-0.2, 0) is 14.4 Å². The standard InChI is InChI=1S/C30H57N3O3/c1-4-7-10-11-12-13-14-15-16-17-18-19-20-21-22-29(35)33-27(30(36)32-26-9-6-3)23-24-28(34)31-25-8-5-2/h10-11,27H,4-9,12-26H2,1-3H3,(H,31,34)(H,32,36)(H,33,35)/b11-10+/t27-/m0/s1. The van der Waals surface area contributed by atoms with Crippen molar-refractivity contribution >= 4 is 17.7 Å². The molecule has 0 aromatic heterocycles. The van der Waals surface area contributed by atoms with Crippen LogP contribution >= 0.6 is 0 Å². The molecule has 6 nitrogen and oxygen atoms in total. The molecule has 0 aliphatic heterocycles. The Hall–Kier alpha value is -1.85. The molecule has 0 spiro atoms. The Morgan fingerprint density at radius 1 is 0.583 bits per heavy atom. The van der Waals surface area contributed by atoms with Crippen LogP contribution in [0.25, 0.3) is 0 Å². The van der Waals surface area contributed by atoms with E-state index in [0.29, 0.717) is 25.9 Å². The van der Waals surface area contributed by atoms with E-state index in [1.165, 1.54) is 57.8 Å². The summed E-state index contributed by atoms with van der Waals surface area (Å²) < 4.78 is 0. The van der Waals surface area contributed by atoms with Crippen LogP contribution in [0.15, 0.2) is 12.2 Å². The smallest absolute Gasteiger partial charge is 0.242 e. The largest absolute Gasteiger partial charge is 0.356 e. The summed E-state index contributed by atoms with van der Waals surface area (Å²) in [6.07, 6.45) is 24.0. The molecule has 36 heavy (non-hydrogen) atoms. The lowest BCUT2D eigenvalue weighted by molar-refractivity contribution is -0.129. The van der Waals surface area contributed by atoms with Crippen molar-refractivity contribution < 1.29 is 14.4 Å². The van der Waals surface area contributed by atoms with Gasteiger partial charge in [-0.2, -0.15) is 0 Å². The van der Waals surface area contributed by atoms with E-state index in [1.54, 1.807) is 0 Å². The molecular formula is C30H57N3O3. The summed E-state index contributed by atoms with van der Waals surface area (Å²) in [4.78, 5) is 37.1. The van der Waals surface area contributed by atoms with Crippen LogP contribution in [0.3, 0.4) is 0 Å². The number of unbranched alkanes of at least 4 members (excludes halogenated alkanes) is 12. The molecule has 1 atom stereocenters. The molecule has 0 bridgehead atoms. The van der Waals surface area contributed by atoms with Gasteiger partial charge in [0.2, 0.25) is 17.7 Å². The second kappa shape index (κ2) is 26.2. The van der Waals surface area contributed by atoms with Crippen LogP contribution < -0.4 is 16.0 Å². The average molecular weight is 508 g/mol. The van der Waals surface area contributed by atoms with Crippen molar-refractivity contribution in [3.8, 4) is 0 Å². The molecule has 0 unspecified atom stereocenters. The summed E-state index contributed by atoms with van der Waals surface area (Å²) in [5.74, 6) is -0.340. The molecular weight excluding hydrogens is 450 g/mol. The van der Waals surface area contributed by atoms with Gasteiger partial charge in [0.15, 0.2) is 0 Å². The molecule has 210 valence electrons. The van der Waals surface area contributed by atoms with Crippen LogP contribution in [0.5, 0.6) is 0 Å².